The van der Waals surface area contributed by atoms with E-state index >= 15 is 0 Å². The minimum atomic E-state index is -3.75. The van der Waals surface area contributed by atoms with Crippen molar-refractivity contribution in [1.29, 1.82) is 0 Å². The Balaban J connectivity index is 1.62. The van der Waals surface area contributed by atoms with Gasteiger partial charge in [-0.05, 0) is 48.9 Å². The molecule has 1 amide bonds. The number of rotatable bonds is 8. The standard InChI is InChI=1S/C22H21N3O4S/c1-17(24-25-30(27,28)21-13-6-3-7-14-21)18-9-8-10-19(15-18)23-22(26)16-29-20-11-4-2-5-12-20/h2-15,25H,16H2,1H3,(H,23,26). The van der Waals surface area contributed by atoms with E-state index in [1.165, 1.54) is 12.1 Å². The Morgan fingerprint density at radius 1 is 0.933 bits per heavy atom. The summed E-state index contributed by atoms with van der Waals surface area (Å²) in [6.45, 7) is 1.55. The van der Waals surface area contributed by atoms with Gasteiger partial charge in [-0.15, -0.1) is 0 Å². The Hall–Kier alpha value is -3.65. The lowest BCUT2D eigenvalue weighted by atomic mass is 10.1. The van der Waals surface area contributed by atoms with E-state index in [1.54, 1.807) is 61.5 Å². The van der Waals surface area contributed by atoms with Crippen molar-refractivity contribution >= 4 is 27.3 Å². The smallest absolute Gasteiger partial charge is 0.276 e. The van der Waals surface area contributed by atoms with Gasteiger partial charge in [-0.1, -0.05) is 48.5 Å². The highest BCUT2D eigenvalue weighted by Crippen LogP contribution is 2.13. The molecule has 2 N–H and O–H groups in total. The largest absolute Gasteiger partial charge is 0.484 e. The molecule has 3 aromatic rings. The van der Waals surface area contributed by atoms with Crippen molar-refractivity contribution in [1.82, 2.24) is 4.83 Å². The number of hydrazone groups is 1. The van der Waals surface area contributed by atoms with Crippen LogP contribution in [-0.4, -0.2) is 26.6 Å². The van der Waals surface area contributed by atoms with Gasteiger partial charge < -0.3 is 10.1 Å². The van der Waals surface area contributed by atoms with Crippen molar-refractivity contribution in [3.8, 4) is 5.75 Å². The SMILES string of the molecule is CC(=NNS(=O)(=O)c1ccccc1)c1cccc(NC(=O)COc2ccccc2)c1. The van der Waals surface area contributed by atoms with Crippen molar-refractivity contribution in [2.75, 3.05) is 11.9 Å². The second-order valence-corrected chi connectivity index (χ2v) is 8.00. The minimum Gasteiger partial charge on any atom is -0.484 e. The molecule has 0 atom stereocenters. The molecular weight excluding hydrogens is 402 g/mol. The third kappa shape index (κ3) is 5.92. The number of amides is 1. The molecular formula is C22H21N3O4S. The first-order chi connectivity index (χ1) is 14.4. The minimum absolute atomic E-state index is 0.126. The van der Waals surface area contributed by atoms with Crippen LogP contribution in [0.1, 0.15) is 12.5 Å². The molecule has 0 radical (unpaired) electrons. The molecule has 0 spiro atoms. The molecule has 0 heterocycles. The van der Waals surface area contributed by atoms with Crippen LogP contribution in [0.25, 0.3) is 0 Å². The van der Waals surface area contributed by atoms with Gasteiger partial charge in [0.1, 0.15) is 5.75 Å². The molecule has 154 valence electrons. The Kier molecular flexibility index (Phi) is 6.82. The number of carbonyl (C=O) groups excluding carboxylic acids is 1. The van der Waals surface area contributed by atoms with Crippen LogP contribution in [-0.2, 0) is 14.8 Å². The van der Waals surface area contributed by atoms with Gasteiger partial charge in [0, 0.05) is 5.69 Å². The molecule has 0 saturated carbocycles. The molecule has 0 saturated heterocycles. The number of benzene rings is 3. The van der Waals surface area contributed by atoms with E-state index in [1.807, 2.05) is 18.2 Å². The van der Waals surface area contributed by atoms with E-state index in [-0.39, 0.29) is 17.4 Å². The number of nitrogens with zero attached hydrogens (tertiary/aromatic N) is 1. The topological polar surface area (TPSA) is 96.9 Å². The second-order valence-electron chi connectivity index (χ2n) is 6.34. The maximum Gasteiger partial charge on any atom is 0.276 e. The zero-order valence-electron chi connectivity index (χ0n) is 16.3. The van der Waals surface area contributed by atoms with Gasteiger partial charge in [0.05, 0.1) is 10.6 Å². The van der Waals surface area contributed by atoms with Gasteiger partial charge >= 0.3 is 0 Å². The molecule has 0 unspecified atom stereocenters. The Morgan fingerprint density at radius 2 is 1.60 bits per heavy atom. The molecule has 0 aromatic heterocycles. The van der Waals surface area contributed by atoms with Gasteiger partial charge in [0.15, 0.2) is 6.61 Å². The zero-order valence-corrected chi connectivity index (χ0v) is 17.1. The number of sulfonamides is 1. The molecule has 0 fully saturated rings. The Bertz CT molecular complexity index is 1130. The van der Waals surface area contributed by atoms with E-state index in [0.717, 1.165) is 0 Å². The maximum atomic E-state index is 12.3. The van der Waals surface area contributed by atoms with E-state index in [2.05, 4.69) is 15.2 Å². The molecule has 3 rings (SSSR count). The van der Waals surface area contributed by atoms with Crippen LogP contribution in [0.4, 0.5) is 5.69 Å². The Labute approximate surface area is 175 Å². The lowest BCUT2D eigenvalue weighted by Crippen LogP contribution is -2.21. The first-order valence-corrected chi connectivity index (χ1v) is 10.6. The number of para-hydroxylation sites is 1. The highest BCUT2D eigenvalue weighted by Gasteiger charge is 2.12. The molecule has 3 aromatic carbocycles. The molecule has 0 aliphatic carbocycles. The van der Waals surface area contributed by atoms with Crippen LogP contribution in [0.5, 0.6) is 5.75 Å². The van der Waals surface area contributed by atoms with E-state index < -0.39 is 10.0 Å². The van der Waals surface area contributed by atoms with Gasteiger partial charge in [-0.25, -0.2) is 0 Å². The average molecular weight is 423 g/mol. The fourth-order valence-electron chi connectivity index (χ4n) is 2.53. The third-order valence-electron chi connectivity index (χ3n) is 4.06. The first-order valence-electron chi connectivity index (χ1n) is 9.13. The lowest BCUT2D eigenvalue weighted by molar-refractivity contribution is -0.118. The van der Waals surface area contributed by atoms with Crippen molar-refractivity contribution < 1.29 is 17.9 Å². The van der Waals surface area contributed by atoms with Gasteiger partial charge in [-0.3, -0.25) is 4.79 Å². The molecule has 0 aliphatic heterocycles. The number of carbonyl (C=O) groups is 1. The summed E-state index contributed by atoms with van der Waals surface area (Å²) in [5.41, 5.74) is 1.66. The van der Waals surface area contributed by atoms with Crippen molar-refractivity contribution in [2.45, 2.75) is 11.8 Å². The normalized spacial score (nSPS) is 11.6. The quantitative estimate of drug-likeness (QED) is 0.429. The van der Waals surface area contributed by atoms with Gasteiger partial charge in [0.2, 0.25) is 0 Å². The Morgan fingerprint density at radius 3 is 2.30 bits per heavy atom. The highest BCUT2D eigenvalue weighted by atomic mass is 32.2. The molecule has 0 aliphatic rings. The summed E-state index contributed by atoms with van der Waals surface area (Å²) in [5.74, 6) is 0.297. The van der Waals surface area contributed by atoms with Crippen LogP contribution in [0.2, 0.25) is 0 Å². The summed E-state index contributed by atoms with van der Waals surface area (Å²) in [5, 5.41) is 6.73. The number of hydrogen-bond acceptors (Lipinski definition) is 5. The fourth-order valence-corrected chi connectivity index (χ4v) is 3.41. The summed E-state index contributed by atoms with van der Waals surface area (Å²) in [7, 11) is -3.75. The average Bonchev–Trinajstić information content (AvgIpc) is 2.77. The van der Waals surface area contributed by atoms with E-state index in [4.69, 9.17) is 4.74 Å². The predicted octanol–water partition coefficient (Wildman–Crippen LogP) is 3.41. The molecule has 0 bridgehead atoms. The van der Waals surface area contributed by atoms with E-state index in [0.29, 0.717) is 22.7 Å². The number of nitrogens with one attached hydrogen (secondary N) is 2. The monoisotopic (exact) mass is 423 g/mol. The van der Waals surface area contributed by atoms with Crippen LogP contribution in [0, 0.1) is 0 Å². The predicted molar refractivity (Wildman–Crippen MR) is 116 cm³/mol. The lowest BCUT2D eigenvalue weighted by Gasteiger charge is -2.09. The third-order valence-corrected chi connectivity index (χ3v) is 5.29. The summed E-state index contributed by atoms with van der Waals surface area (Å²) in [4.78, 5) is 14.5. The van der Waals surface area contributed by atoms with Gasteiger partial charge in [0.25, 0.3) is 15.9 Å². The molecule has 7 nitrogen and oxygen atoms in total. The van der Waals surface area contributed by atoms with Crippen LogP contribution in [0.15, 0.2) is 94.9 Å². The van der Waals surface area contributed by atoms with Crippen LogP contribution in [0.3, 0.4) is 0 Å². The maximum absolute atomic E-state index is 12.3. The van der Waals surface area contributed by atoms with Crippen molar-refractivity contribution in [3.05, 3.63) is 90.5 Å². The van der Waals surface area contributed by atoms with Crippen LogP contribution >= 0.6 is 0 Å². The highest BCUT2D eigenvalue weighted by molar-refractivity contribution is 7.89. The van der Waals surface area contributed by atoms with Crippen molar-refractivity contribution in [3.63, 3.8) is 0 Å². The first kappa shape index (κ1) is 21.1. The zero-order chi connectivity index (χ0) is 21.4. The number of hydrogen-bond donors (Lipinski definition) is 2. The van der Waals surface area contributed by atoms with Crippen LogP contribution < -0.4 is 14.9 Å². The summed E-state index contributed by atoms with van der Waals surface area (Å²) in [6.07, 6.45) is 0. The number of anilines is 1. The van der Waals surface area contributed by atoms with Gasteiger partial charge in [-0.2, -0.15) is 18.4 Å². The fraction of sp³-hybridized carbons (Fsp3) is 0.0909. The van der Waals surface area contributed by atoms with E-state index in [9.17, 15) is 13.2 Å². The number of ether oxygens (including phenoxy) is 1. The molecule has 8 heteroatoms. The van der Waals surface area contributed by atoms with Crippen molar-refractivity contribution in [2.24, 2.45) is 5.10 Å². The summed E-state index contributed by atoms with van der Waals surface area (Å²) < 4.78 is 30.0. The molecule has 30 heavy (non-hydrogen) atoms. The summed E-state index contributed by atoms with van der Waals surface area (Å²) in [6, 6.07) is 24.0. The second kappa shape index (κ2) is 9.71. The summed E-state index contributed by atoms with van der Waals surface area (Å²) >= 11 is 0.